The van der Waals surface area contributed by atoms with E-state index in [4.69, 9.17) is 0 Å². The molecule has 46 heavy (non-hydrogen) atoms. The molecule has 0 saturated heterocycles. The summed E-state index contributed by atoms with van der Waals surface area (Å²) in [6.07, 6.45) is 0. The van der Waals surface area contributed by atoms with Crippen LogP contribution in [-0.2, 0) is 0 Å². The average Bonchev–Trinajstić information content (AvgIpc) is 3.62. The number of rotatable bonds is 5. The van der Waals surface area contributed by atoms with Crippen molar-refractivity contribution in [1.82, 2.24) is 9.13 Å². The molecule has 0 N–H and O–H groups in total. The van der Waals surface area contributed by atoms with Gasteiger partial charge in [0.2, 0.25) is 0 Å². The molecule has 4 heteroatoms. The Bertz CT molecular complexity index is 2530. The van der Waals surface area contributed by atoms with Crippen LogP contribution in [-0.4, -0.2) is 9.13 Å². The molecule has 0 unspecified atom stereocenters. The molecule has 9 aromatic rings. The normalized spacial score (nSPS) is 11.6. The van der Waals surface area contributed by atoms with Crippen molar-refractivity contribution >= 4 is 60.7 Å². The summed E-state index contributed by atoms with van der Waals surface area (Å²) in [6.45, 7) is 0. The van der Waals surface area contributed by atoms with Gasteiger partial charge in [-0.1, -0.05) is 91.0 Å². The highest BCUT2D eigenvalue weighted by Gasteiger charge is 2.22. The van der Waals surface area contributed by atoms with Gasteiger partial charge in [-0.15, -0.1) is 0 Å². The zero-order valence-electron chi connectivity index (χ0n) is 24.9. The van der Waals surface area contributed by atoms with Gasteiger partial charge in [0.25, 0.3) is 0 Å². The summed E-state index contributed by atoms with van der Waals surface area (Å²) in [5, 5.41) is 4.49. The third-order valence-electron chi connectivity index (χ3n) is 8.93. The third kappa shape index (κ3) is 4.04. The number of hydrogen-bond acceptors (Lipinski definition) is 1. The number of fused-ring (bicyclic) bond motifs is 6. The molecule has 0 bridgehead atoms. The number of anilines is 3. The standard InChI is InChI=1S/C42H28FN3/c43-29-23-25-35-36-26-24-33(28-41(36)45(40(35)27-29)31-15-6-2-7-16-31)44(30-13-4-1-5-14-30)39-22-12-20-37-34-19-10-11-21-38(34)46(42(37)39)32-17-8-3-9-18-32/h1-28H. The molecular weight excluding hydrogens is 565 g/mol. The second-order valence-electron chi connectivity index (χ2n) is 11.6. The maximum atomic E-state index is 14.7. The van der Waals surface area contributed by atoms with Crippen molar-refractivity contribution in [2.24, 2.45) is 0 Å². The van der Waals surface area contributed by atoms with Crippen molar-refractivity contribution in [2.45, 2.75) is 0 Å². The second-order valence-corrected chi connectivity index (χ2v) is 11.6. The Morgan fingerprint density at radius 2 is 0.957 bits per heavy atom. The van der Waals surface area contributed by atoms with Gasteiger partial charge in [0, 0.05) is 44.3 Å². The average molecular weight is 594 g/mol. The van der Waals surface area contributed by atoms with Gasteiger partial charge in [-0.3, -0.25) is 0 Å². The highest BCUT2D eigenvalue weighted by Crippen LogP contribution is 2.44. The van der Waals surface area contributed by atoms with Crippen LogP contribution in [0.15, 0.2) is 170 Å². The maximum Gasteiger partial charge on any atom is 0.125 e. The van der Waals surface area contributed by atoms with Crippen LogP contribution in [0.25, 0.3) is 55.0 Å². The van der Waals surface area contributed by atoms with Crippen LogP contribution < -0.4 is 4.90 Å². The summed E-state index contributed by atoms with van der Waals surface area (Å²) in [6, 6.07) is 58.1. The van der Waals surface area contributed by atoms with Crippen LogP contribution in [0.4, 0.5) is 21.5 Å². The summed E-state index contributed by atoms with van der Waals surface area (Å²) < 4.78 is 19.2. The fourth-order valence-electron chi connectivity index (χ4n) is 7.00. The van der Waals surface area contributed by atoms with E-state index in [9.17, 15) is 4.39 Å². The molecule has 0 aliphatic heterocycles. The molecule has 2 aromatic heterocycles. The molecule has 0 aliphatic carbocycles. The minimum Gasteiger partial charge on any atom is -0.309 e. The summed E-state index contributed by atoms with van der Waals surface area (Å²) in [5.74, 6) is -0.251. The molecule has 0 saturated carbocycles. The molecule has 218 valence electrons. The first-order valence-electron chi connectivity index (χ1n) is 15.5. The summed E-state index contributed by atoms with van der Waals surface area (Å²) >= 11 is 0. The summed E-state index contributed by atoms with van der Waals surface area (Å²) in [5.41, 5.74) is 9.37. The fourth-order valence-corrected chi connectivity index (χ4v) is 7.00. The molecule has 2 heterocycles. The van der Waals surface area contributed by atoms with Crippen molar-refractivity contribution in [3.8, 4) is 11.4 Å². The number of halogens is 1. The molecule has 0 fully saturated rings. The molecule has 0 radical (unpaired) electrons. The monoisotopic (exact) mass is 593 g/mol. The van der Waals surface area contributed by atoms with Gasteiger partial charge in [0.05, 0.1) is 27.8 Å². The van der Waals surface area contributed by atoms with Crippen LogP contribution in [0.2, 0.25) is 0 Å². The Labute approximate surface area is 265 Å². The lowest BCUT2D eigenvalue weighted by Gasteiger charge is -2.27. The van der Waals surface area contributed by atoms with Crippen LogP contribution in [0.1, 0.15) is 0 Å². The fraction of sp³-hybridized carbons (Fsp3) is 0. The lowest BCUT2D eigenvalue weighted by Crippen LogP contribution is -2.11. The third-order valence-corrected chi connectivity index (χ3v) is 8.93. The minimum absolute atomic E-state index is 0.251. The molecular formula is C42H28FN3. The van der Waals surface area contributed by atoms with E-state index in [1.165, 1.54) is 10.8 Å². The van der Waals surface area contributed by atoms with Crippen LogP contribution in [0, 0.1) is 5.82 Å². The quantitative estimate of drug-likeness (QED) is 0.193. The van der Waals surface area contributed by atoms with E-state index in [0.29, 0.717) is 0 Å². The Balaban J connectivity index is 1.38. The Morgan fingerprint density at radius 3 is 1.70 bits per heavy atom. The maximum absolute atomic E-state index is 14.7. The van der Waals surface area contributed by atoms with E-state index in [0.717, 1.165) is 61.3 Å². The predicted molar refractivity (Wildman–Crippen MR) is 190 cm³/mol. The lowest BCUT2D eigenvalue weighted by molar-refractivity contribution is 0.629. The molecule has 0 aliphatic rings. The zero-order chi connectivity index (χ0) is 30.6. The number of aromatic nitrogens is 2. The first-order valence-corrected chi connectivity index (χ1v) is 15.5. The van der Waals surface area contributed by atoms with Gasteiger partial charge in [-0.2, -0.15) is 0 Å². The molecule has 0 amide bonds. The van der Waals surface area contributed by atoms with E-state index >= 15 is 0 Å². The second kappa shape index (κ2) is 10.5. The van der Waals surface area contributed by atoms with Gasteiger partial charge in [0.1, 0.15) is 5.82 Å². The topological polar surface area (TPSA) is 13.1 Å². The van der Waals surface area contributed by atoms with E-state index in [2.05, 4.69) is 141 Å². The highest BCUT2D eigenvalue weighted by molar-refractivity contribution is 6.15. The number of para-hydroxylation sites is 5. The molecule has 9 rings (SSSR count). The van der Waals surface area contributed by atoms with Crippen LogP contribution >= 0.6 is 0 Å². The van der Waals surface area contributed by atoms with E-state index < -0.39 is 0 Å². The summed E-state index contributed by atoms with van der Waals surface area (Å²) in [4.78, 5) is 2.34. The van der Waals surface area contributed by atoms with Gasteiger partial charge >= 0.3 is 0 Å². The Kier molecular flexibility index (Phi) is 6.00. The first-order chi connectivity index (χ1) is 22.8. The van der Waals surface area contributed by atoms with Crippen molar-refractivity contribution < 1.29 is 4.39 Å². The smallest absolute Gasteiger partial charge is 0.125 e. The predicted octanol–water partition coefficient (Wildman–Crippen LogP) is 11.5. The van der Waals surface area contributed by atoms with Crippen LogP contribution in [0.5, 0.6) is 0 Å². The van der Waals surface area contributed by atoms with Gasteiger partial charge in [-0.25, -0.2) is 4.39 Å². The Hall–Kier alpha value is -6.13. The van der Waals surface area contributed by atoms with Crippen LogP contribution in [0.3, 0.4) is 0 Å². The van der Waals surface area contributed by atoms with Crippen molar-refractivity contribution in [3.63, 3.8) is 0 Å². The number of benzene rings is 7. The molecule has 0 spiro atoms. The molecule has 7 aromatic carbocycles. The van der Waals surface area contributed by atoms with Gasteiger partial charge in [-0.05, 0) is 78.9 Å². The van der Waals surface area contributed by atoms with Gasteiger partial charge < -0.3 is 14.0 Å². The minimum atomic E-state index is -0.251. The van der Waals surface area contributed by atoms with E-state index in [-0.39, 0.29) is 5.82 Å². The summed E-state index contributed by atoms with van der Waals surface area (Å²) in [7, 11) is 0. The first kappa shape index (κ1) is 26.3. The SMILES string of the molecule is Fc1ccc2c3ccc(N(c4ccccc4)c4cccc5c6ccccc6n(-c6ccccc6)c45)cc3n(-c3ccccc3)c2c1. The highest BCUT2D eigenvalue weighted by atomic mass is 19.1. The number of hydrogen-bond donors (Lipinski definition) is 0. The van der Waals surface area contributed by atoms with Crippen molar-refractivity contribution in [3.05, 3.63) is 176 Å². The van der Waals surface area contributed by atoms with Gasteiger partial charge in [0.15, 0.2) is 0 Å². The zero-order valence-corrected chi connectivity index (χ0v) is 24.9. The Morgan fingerprint density at radius 1 is 0.391 bits per heavy atom. The van der Waals surface area contributed by atoms with E-state index in [1.807, 2.05) is 30.3 Å². The molecule has 0 atom stereocenters. The number of nitrogens with zero attached hydrogens (tertiary/aromatic N) is 3. The largest absolute Gasteiger partial charge is 0.309 e. The lowest BCUT2D eigenvalue weighted by atomic mass is 10.1. The van der Waals surface area contributed by atoms with Crippen molar-refractivity contribution in [1.29, 1.82) is 0 Å². The van der Waals surface area contributed by atoms with E-state index in [1.54, 1.807) is 12.1 Å². The molecule has 3 nitrogen and oxygen atoms in total. The van der Waals surface area contributed by atoms with Crippen molar-refractivity contribution in [2.75, 3.05) is 4.90 Å².